The first-order chi connectivity index (χ1) is 8.28. The van der Waals surface area contributed by atoms with Crippen LogP contribution in [0.5, 0.6) is 0 Å². The van der Waals surface area contributed by atoms with Crippen molar-refractivity contribution < 1.29 is 4.57 Å². The summed E-state index contributed by atoms with van der Waals surface area (Å²) in [5, 5.41) is 9.37. The SMILES string of the molecule is CCSC1(SCC)C(C#N)=Cc2cccc[n+]21. The maximum Gasteiger partial charge on any atom is 0.297 e. The number of nitrogens with zero attached hydrogens (tertiary/aromatic N) is 2. The van der Waals surface area contributed by atoms with Crippen LogP contribution in [0.4, 0.5) is 0 Å². The van der Waals surface area contributed by atoms with E-state index >= 15 is 0 Å². The van der Waals surface area contributed by atoms with Crippen LogP contribution in [0, 0.1) is 11.3 Å². The molecule has 4 heteroatoms. The third-order valence-electron chi connectivity index (χ3n) is 2.64. The van der Waals surface area contributed by atoms with Crippen LogP contribution in [0.2, 0.25) is 0 Å². The van der Waals surface area contributed by atoms with Crippen LogP contribution in [0.3, 0.4) is 0 Å². The minimum Gasteiger partial charge on any atom is -0.192 e. The molecule has 1 aliphatic heterocycles. The summed E-state index contributed by atoms with van der Waals surface area (Å²) in [6.07, 6.45) is 4.08. The molecule has 0 N–H and O–H groups in total. The number of hydrogen-bond donors (Lipinski definition) is 0. The molecule has 2 nitrogen and oxygen atoms in total. The maximum atomic E-state index is 9.37. The zero-order valence-electron chi connectivity index (χ0n) is 10.0. The first-order valence-electron chi connectivity index (χ1n) is 5.69. The zero-order valence-corrected chi connectivity index (χ0v) is 11.6. The van der Waals surface area contributed by atoms with E-state index in [-0.39, 0.29) is 4.20 Å². The highest BCUT2D eigenvalue weighted by Crippen LogP contribution is 2.46. The van der Waals surface area contributed by atoms with Crippen LogP contribution < -0.4 is 4.57 Å². The van der Waals surface area contributed by atoms with Gasteiger partial charge in [0.2, 0.25) is 5.69 Å². The Labute approximate surface area is 111 Å². The number of thioether (sulfide) groups is 2. The van der Waals surface area contributed by atoms with Crippen LogP contribution in [-0.4, -0.2) is 11.5 Å². The van der Waals surface area contributed by atoms with Gasteiger partial charge in [0.15, 0.2) is 6.20 Å². The standard InChI is InChI=1S/C13H15N2S2/c1-3-16-13(17-4-2)11(10-14)9-12-7-5-6-8-15(12)13/h5-9H,3-4H2,1-2H3/q+1. The van der Waals surface area contributed by atoms with Gasteiger partial charge in [-0.1, -0.05) is 37.4 Å². The van der Waals surface area contributed by atoms with Crippen molar-refractivity contribution >= 4 is 29.6 Å². The lowest BCUT2D eigenvalue weighted by Crippen LogP contribution is -2.51. The predicted molar refractivity (Wildman–Crippen MR) is 74.5 cm³/mol. The molecule has 0 saturated carbocycles. The molecule has 0 unspecified atom stereocenters. The molecule has 0 fully saturated rings. The fraction of sp³-hybridized carbons (Fsp3) is 0.385. The highest BCUT2D eigenvalue weighted by Gasteiger charge is 2.50. The molecular formula is C13H15N2S2+. The molecule has 0 amide bonds. The van der Waals surface area contributed by atoms with E-state index in [4.69, 9.17) is 0 Å². The van der Waals surface area contributed by atoms with Gasteiger partial charge in [-0.2, -0.15) is 9.83 Å². The van der Waals surface area contributed by atoms with Gasteiger partial charge < -0.3 is 0 Å². The van der Waals surface area contributed by atoms with Gasteiger partial charge in [0.25, 0.3) is 4.20 Å². The molecule has 0 bridgehead atoms. The first kappa shape index (κ1) is 12.5. The van der Waals surface area contributed by atoms with Crippen molar-refractivity contribution in [1.82, 2.24) is 0 Å². The Balaban J connectivity index is 2.56. The summed E-state index contributed by atoms with van der Waals surface area (Å²) in [5.41, 5.74) is 1.97. The van der Waals surface area contributed by atoms with E-state index in [0.717, 1.165) is 22.8 Å². The second-order valence-electron chi connectivity index (χ2n) is 3.61. The monoisotopic (exact) mass is 263 g/mol. The highest BCUT2D eigenvalue weighted by molar-refractivity contribution is 8.17. The second-order valence-corrected chi connectivity index (χ2v) is 6.79. The smallest absolute Gasteiger partial charge is 0.192 e. The van der Waals surface area contributed by atoms with E-state index in [1.54, 1.807) is 0 Å². The molecule has 2 heterocycles. The van der Waals surface area contributed by atoms with Crippen LogP contribution in [0.25, 0.3) is 6.08 Å². The van der Waals surface area contributed by atoms with Gasteiger partial charge in [-0.15, -0.1) is 0 Å². The average Bonchev–Trinajstić information content (AvgIpc) is 2.65. The lowest BCUT2D eigenvalue weighted by Gasteiger charge is -2.22. The second kappa shape index (κ2) is 5.16. The summed E-state index contributed by atoms with van der Waals surface area (Å²) in [7, 11) is 0. The molecule has 0 spiro atoms. The predicted octanol–water partition coefficient (Wildman–Crippen LogP) is 3.01. The van der Waals surface area contributed by atoms with Gasteiger partial charge in [-0.05, 0) is 17.6 Å². The van der Waals surface area contributed by atoms with Crippen molar-refractivity contribution in [2.24, 2.45) is 0 Å². The number of hydrogen-bond acceptors (Lipinski definition) is 3. The van der Waals surface area contributed by atoms with Gasteiger partial charge in [-0.25, -0.2) is 0 Å². The third-order valence-corrected chi connectivity index (χ3v) is 5.54. The summed E-state index contributed by atoms with van der Waals surface area (Å²) >= 11 is 3.64. The zero-order chi connectivity index (χ0) is 12.3. The van der Waals surface area contributed by atoms with Gasteiger partial charge in [0.1, 0.15) is 11.6 Å². The normalized spacial score (nSPS) is 16.2. The molecule has 88 valence electrons. The molecule has 2 rings (SSSR count). The topological polar surface area (TPSA) is 27.7 Å². The quantitative estimate of drug-likeness (QED) is 0.617. The van der Waals surface area contributed by atoms with Gasteiger partial charge in [-0.3, -0.25) is 0 Å². The van der Waals surface area contributed by atoms with E-state index in [9.17, 15) is 5.26 Å². The van der Waals surface area contributed by atoms with Crippen LogP contribution in [0.15, 0.2) is 30.0 Å². The summed E-state index contributed by atoms with van der Waals surface area (Å²) in [6.45, 7) is 4.28. The number of aromatic nitrogens is 1. The summed E-state index contributed by atoms with van der Waals surface area (Å²) in [5.74, 6) is 1.99. The van der Waals surface area contributed by atoms with Crippen LogP contribution in [0.1, 0.15) is 19.5 Å². The third kappa shape index (κ3) is 1.98. The van der Waals surface area contributed by atoms with Crippen molar-refractivity contribution in [3.63, 3.8) is 0 Å². The molecule has 17 heavy (non-hydrogen) atoms. The Morgan fingerprint density at radius 2 is 2.00 bits per heavy atom. The fourth-order valence-electron chi connectivity index (χ4n) is 2.04. The molecule has 1 aromatic rings. The number of fused-ring (bicyclic) bond motifs is 1. The molecule has 0 aromatic carbocycles. The molecule has 0 saturated heterocycles. The van der Waals surface area contributed by atoms with Gasteiger partial charge >= 0.3 is 0 Å². The molecule has 1 aromatic heterocycles. The Morgan fingerprint density at radius 3 is 2.59 bits per heavy atom. The highest BCUT2D eigenvalue weighted by atomic mass is 32.2. The van der Waals surface area contributed by atoms with Crippen molar-refractivity contribution in [3.8, 4) is 6.07 Å². The van der Waals surface area contributed by atoms with E-state index in [1.165, 1.54) is 0 Å². The average molecular weight is 263 g/mol. The minimum absolute atomic E-state index is 0.255. The van der Waals surface area contributed by atoms with Crippen LogP contribution >= 0.6 is 23.5 Å². The van der Waals surface area contributed by atoms with E-state index in [2.05, 4.69) is 36.7 Å². The van der Waals surface area contributed by atoms with E-state index in [1.807, 2.05) is 41.7 Å². The maximum absolute atomic E-state index is 9.37. The molecule has 0 aliphatic carbocycles. The van der Waals surface area contributed by atoms with Crippen LogP contribution in [-0.2, 0) is 4.20 Å². The number of rotatable bonds is 4. The van der Waals surface area contributed by atoms with E-state index in [0.29, 0.717) is 0 Å². The molecule has 0 radical (unpaired) electrons. The Hall–Kier alpha value is -0.920. The van der Waals surface area contributed by atoms with Gasteiger partial charge in [0.05, 0.1) is 0 Å². The Morgan fingerprint density at radius 1 is 1.29 bits per heavy atom. The van der Waals surface area contributed by atoms with Crippen molar-refractivity contribution in [2.75, 3.05) is 11.5 Å². The molecule has 0 atom stereocenters. The summed E-state index contributed by atoms with van der Waals surface area (Å²) in [6, 6.07) is 8.47. The van der Waals surface area contributed by atoms with Gasteiger partial charge in [0, 0.05) is 18.2 Å². The van der Waals surface area contributed by atoms with Crippen molar-refractivity contribution in [3.05, 3.63) is 35.7 Å². The number of nitriles is 1. The minimum atomic E-state index is -0.255. The molecule has 1 aliphatic rings. The lowest BCUT2D eigenvalue weighted by molar-refractivity contribution is -0.701. The number of pyridine rings is 1. The lowest BCUT2D eigenvalue weighted by atomic mass is 10.3. The first-order valence-corrected chi connectivity index (χ1v) is 7.67. The summed E-state index contributed by atoms with van der Waals surface area (Å²) < 4.78 is 1.96. The Kier molecular flexibility index (Phi) is 3.80. The summed E-state index contributed by atoms with van der Waals surface area (Å²) in [4.78, 5) is 0. The largest absolute Gasteiger partial charge is 0.297 e. The Bertz CT molecular complexity index is 482. The van der Waals surface area contributed by atoms with Crippen molar-refractivity contribution in [1.29, 1.82) is 5.26 Å². The molecular weight excluding hydrogens is 248 g/mol. The van der Waals surface area contributed by atoms with E-state index < -0.39 is 0 Å². The fourth-order valence-corrected chi connectivity index (χ4v) is 5.00. The van der Waals surface area contributed by atoms with Crippen molar-refractivity contribution in [2.45, 2.75) is 18.1 Å².